The van der Waals surface area contributed by atoms with Gasteiger partial charge in [-0.1, -0.05) is 29.8 Å². The Kier molecular flexibility index (Phi) is 4.72. The fourth-order valence-corrected chi connectivity index (χ4v) is 4.21. The Morgan fingerprint density at radius 3 is 2.80 bits per heavy atom. The van der Waals surface area contributed by atoms with Gasteiger partial charge in [0.05, 0.1) is 0 Å². The largest absolute Gasteiger partial charge is 0.323 e. The number of carbonyl (C=O) groups excluding carboxylic acids is 1. The number of rotatable bonds is 4. The van der Waals surface area contributed by atoms with Crippen LogP contribution in [0.25, 0.3) is 0 Å². The number of anilines is 1. The van der Waals surface area contributed by atoms with Gasteiger partial charge in [0.2, 0.25) is 0 Å². The van der Waals surface area contributed by atoms with Gasteiger partial charge in [0.1, 0.15) is 0 Å². The number of amides is 2. The van der Waals surface area contributed by atoms with Gasteiger partial charge in [0.25, 0.3) is 0 Å². The van der Waals surface area contributed by atoms with E-state index in [0.717, 1.165) is 38.6 Å². The topological polar surface area (TPSA) is 48.5 Å². The van der Waals surface area contributed by atoms with Gasteiger partial charge in [-0.25, -0.2) is 9.78 Å². The predicted octanol–water partition coefficient (Wildman–Crippen LogP) is 3.35. The van der Waals surface area contributed by atoms with E-state index in [0.29, 0.717) is 5.13 Å². The molecule has 4 rings (SSSR count). The van der Waals surface area contributed by atoms with Crippen LogP contribution in [0.1, 0.15) is 28.8 Å². The Labute approximate surface area is 152 Å². The summed E-state index contributed by atoms with van der Waals surface area (Å²) in [7, 11) is 0. The van der Waals surface area contributed by atoms with Gasteiger partial charge in [0.15, 0.2) is 5.13 Å². The summed E-state index contributed by atoms with van der Waals surface area (Å²) in [6.45, 7) is 5.71. The molecule has 0 unspecified atom stereocenters. The summed E-state index contributed by atoms with van der Waals surface area (Å²) in [5, 5.41) is 3.66. The van der Waals surface area contributed by atoms with Crippen LogP contribution >= 0.6 is 11.3 Å². The summed E-state index contributed by atoms with van der Waals surface area (Å²) in [6.07, 6.45) is 5.38. The molecule has 25 heavy (non-hydrogen) atoms. The van der Waals surface area contributed by atoms with Crippen LogP contribution < -0.4 is 5.32 Å². The maximum atomic E-state index is 12.4. The Hall–Kier alpha value is -1.92. The maximum absolute atomic E-state index is 12.4. The van der Waals surface area contributed by atoms with Crippen LogP contribution in [0.3, 0.4) is 0 Å². The van der Waals surface area contributed by atoms with Gasteiger partial charge in [-0.05, 0) is 25.3 Å². The minimum Gasteiger partial charge on any atom is -0.322 e. The Morgan fingerprint density at radius 2 is 2.08 bits per heavy atom. The SMILES string of the molecule is Cc1cccc(Cc2cnc(NC(=O)N3CCN(C4CC4)CC3)s2)c1. The number of hydrogen-bond acceptors (Lipinski definition) is 4. The lowest BCUT2D eigenvalue weighted by Gasteiger charge is -2.34. The number of piperazine rings is 1. The average Bonchev–Trinajstić information content (AvgIpc) is 3.37. The zero-order valence-corrected chi connectivity index (χ0v) is 15.4. The van der Waals surface area contributed by atoms with Crippen LogP contribution in [-0.2, 0) is 6.42 Å². The molecule has 1 aliphatic heterocycles. The van der Waals surface area contributed by atoms with E-state index in [9.17, 15) is 4.79 Å². The van der Waals surface area contributed by atoms with Gasteiger partial charge in [-0.2, -0.15) is 0 Å². The molecule has 2 amide bonds. The molecule has 1 saturated carbocycles. The molecule has 1 aromatic carbocycles. The first-order chi connectivity index (χ1) is 12.2. The van der Waals surface area contributed by atoms with Crippen molar-refractivity contribution < 1.29 is 4.79 Å². The van der Waals surface area contributed by atoms with Crippen molar-refractivity contribution in [1.82, 2.24) is 14.8 Å². The van der Waals surface area contributed by atoms with E-state index in [1.54, 1.807) is 11.3 Å². The van der Waals surface area contributed by atoms with E-state index in [-0.39, 0.29) is 6.03 Å². The molecule has 1 saturated heterocycles. The highest BCUT2D eigenvalue weighted by atomic mass is 32.1. The van der Waals surface area contributed by atoms with Crippen LogP contribution in [0.5, 0.6) is 0 Å². The van der Waals surface area contributed by atoms with Crippen molar-refractivity contribution in [2.24, 2.45) is 0 Å². The van der Waals surface area contributed by atoms with E-state index in [4.69, 9.17) is 0 Å². The third-order valence-corrected chi connectivity index (χ3v) is 5.81. The van der Waals surface area contributed by atoms with E-state index in [1.165, 1.54) is 28.8 Å². The zero-order valence-electron chi connectivity index (χ0n) is 14.6. The molecule has 132 valence electrons. The molecule has 1 aromatic heterocycles. The Balaban J connectivity index is 1.30. The standard InChI is InChI=1S/C19H24N4OS/c1-14-3-2-4-15(11-14)12-17-13-20-18(25-17)21-19(24)23-9-7-22(8-10-23)16-5-6-16/h2-4,11,13,16H,5-10,12H2,1H3,(H,20,21,24). The zero-order chi connectivity index (χ0) is 17.2. The van der Waals surface area contributed by atoms with Crippen molar-refractivity contribution in [3.63, 3.8) is 0 Å². The quantitative estimate of drug-likeness (QED) is 0.914. The number of hydrogen-bond donors (Lipinski definition) is 1. The fraction of sp³-hybridized carbons (Fsp3) is 0.474. The van der Waals surface area contributed by atoms with Gasteiger partial charge in [0, 0.05) is 49.7 Å². The first kappa shape index (κ1) is 16.5. The fourth-order valence-electron chi connectivity index (χ4n) is 3.37. The lowest BCUT2D eigenvalue weighted by atomic mass is 10.1. The molecule has 5 nitrogen and oxygen atoms in total. The third kappa shape index (κ3) is 4.19. The first-order valence-corrected chi connectivity index (χ1v) is 9.79. The predicted molar refractivity (Wildman–Crippen MR) is 101 cm³/mol. The second kappa shape index (κ2) is 7.14. The lowest BCUT2D eigenvalue weighted by Crippen LogP contribution is -2.50. The molecule has 2 aliphatic rings. The highest BCUT2D eigenvalue weighted by Crippen LogP contribution is 2.27. The van der Waals surface area contributed by atoms with E-state index >= 15 is 0 Å². The molecule has 2 heterocycles. The van der Waals surface area contributed by atoms with Crippen LogP contribution in [-0.4, -0.2) is 53.0 Å². The van der Waals surface area contributed by atoms with Crippen molar-refractivity contribution in [1.29, 1.82) is 0 Å². The van der Waals surface area contributed by atoms with Crippen molar-refractivity contribution >= 4 is 22.5 Å². The molecular formula is C19H24N4OS. The van der Waals surface area contributed by atoms with Gasteiger partial charge in [-0.15, -0.1) is 11.3 Å². The molecule has 1 N–H and O–H groups in total. The molecule has 0 atom stereocenters. The first-order valence-electron chi connectivity index (χ1n) is 8.97. The Morgan fingerprint density at radius 1 is 1.28 bits per heavy atom. The number of thiazole rings is 1. The normalized spacial score (nSPS) is 18.4. The summed E-state index contributed by atoms with van der Waals surface area (Å²) in [5.74, 6) is 0. The van der Waals surface area contributed by atoms with Crippen LogP contribution in [0.2, 0.25) is 0 Å². The summed E-state index contributed by atoms with van der Waals surface area (Å²) in [6, 6.07) is 9.27. The second-order valence-electron chi connectivity index (χ2n) is 6.98. The van der Waals surface area contributed by atoms with Crippen LogP contribution in [0, 0.1) is 6.92 Å². The highest BCUT2D eigenvalue weighted by molar-refractivity contribution is 7.15. The summed E-state index contributed by atoms with van der Waals surface area (Å²) in [5.41, 5.74) is 2.54. The molecule has 0 bridgehead atoms. The third-order valence-electron chi connectivity index (χ3n) is 4.89. The molecule has 0 spiro atoms. The number of nitrogens with one attached hydrogen (secondary N) is 1. The van der Waals surface area contributed by atoms with Gasteiger partial charge in [-0.3, -0.25) is 10.2 Å². The monoisotopic (exact) mass is 356 g/mol. The molecule has 1 aliphatic carbocycles. The number of aryl methyl sites for hydroxylation is 1. The molecular weight excluding hydrogens is 332 g/mol. The molecule has 6 heteroatoms. The van der Waals surface area contributed by atoms with E-state index < -0.39 is 0 Å². The number of benzene rings is 1. The van der Waals surface area contributed by atoms with Crippen molar-refractivity contribution in [3.05, 3.63) is 46.5 Å². The number of carbonyl (C=O) groups is 1. The summed E-state index contributed by atoms with van der Waals surface area (Å²) < 4.78 is 0. The van der Waals surface area contributed by atoms with Crippen molar-refractivity contribution in [3.8, 4) is 0 Å². The number of urea groups is 1. The minimum absolute atomic E-state index is 0.0214. The van der Waals surface area contributed by atoms with E-state index in [1.807, 2.05) is 11.1 Å². The van der Waals surface area contributed by atoms with Crippen molar-refractivity contribution in [2.75, 3.05) is 31.5 Å². The van der Waals surface area contributed by atoms with Crippen LogP contribution in [0.15, 0.2) is 30.5 Å². The average molecular weight is 356 g/mol. The molecule has 2 fully saturated rings. The summed E-state index contributed by atoms with van der Waals surface area (Å²) in [4.78, 5) is 22.4. The number of nitrogens with zero attached hydrogens (tertiary/aromatic N) is 3. The van der Waals surface area contributed by atoms with Crippen LogP contribution in [0.4, 0.5) is 9.93 Å². The second-order valence-corrected chi connectivity index (χ2v) is 8.10. The summed E-state index contributed by atoms with van der Waals surface area (Å²) >= 11 is 1.56. The van der Waals surface area contributed by atoms with E-state index in [2.05, 4.69) is 46.4 Å². The molecule has 0 radical (unpaired) electrons. The van der Waals surface area contributed by atoms with Crippen molar-refractivity contribution in [2.45, 2.75) is 32.2 Å². The lowest BCUT2D eigenvalue weighted by molar-refractivity contribution is 0.142. The maximum Gasteiger partial charge on any atom is 0.323 e. The Bertz CT molecular complexity index is 747. The molecule has 2 aromatic rings. The van der Waals surface area contributed by atoms with Gasteiger partial charge < -0.3 is 4.90 Å². The number of aromatic nitrogens is 1. The highest BCUT2D eigenvalue weighted by Gasteiger charge is 2.32. The minimum atomic E-state index is -0.0214. The smallest absolute Gasteiger partial charge is 0.322 e. The van der Waals surface area contributed by atoms with Gasteiger partial charge >= 0.3 is 6.03 Å².